The number of carbonyl (C=O) groups is 1. The van der Waals surface area contributed by atoms with Gasteiger partial charge in [0.15, 0.2) is 5.75 Å². The van der Waals surface area contributed by atoms with E-state index >= 15 is 0 Å². The first-order chi connectivity index (χ1) is 11.4. The number of amides is 1. The number of aromatic hydroxyl groups is 1. The predicted molar refractivity (Wildman–Crippen MR) is 95.1 cm³/mol. The number of nitrogens with one attached hydrogen (secondary N) is 1. The van der Waals surface area contributed by atoms with Crippen molar-refractivity contribution in [3.63, 3.8) is 0 Å². The Balaban J connectivity index is 1.80. The normalized spacial score (nSPS) is 10.6. The smallest absolute Gasteiger partial charge is 0.293 e. The molecule has 0 atom stereocenters. The molecule has 1 aromatic heterocycles. The zero-order valence-corrected chi connectivity index (χ0v) is 14.7. The van der Waals surface area contributed by atoms with Gasteiger partial charge in [0.25, 0.3) is 11.5 Å². The third-order valence-electron chi connectivity index (χ3n) is 3.65. The van der Waals surface area contributed by atoms with Crippen molar-refractivity contribution in [1.82, 2.24) is 9.88 Å². The van der Waals surface area contributed by atoms with Crippen LogP contribution >= 0.6 is 23.2 Å². The molecule has 7 heteroatoms. The van der Waals surface area contributed by atoms with E-state index in [1.807, 2.05) is 12.1 Å². The van der Waals surface area contributed by atoms with E-state index in [0.717, 1.165) is 24.8 Å². The lowest BCUT2D eigenvalue weighted by molar-refractivity contribution is 0.0950. The number of aryl methyl sites for hydroxylation is 2. The Bertz CT molecular complexity index is 803. The minimum atomic E-state index is -0.595. The number of hydrogen-bond donors (Lipinski definition) is 2. The molecule has 2 aromatic rings. The van der Waals surface area contributed by atoms with Gasteiger partial charge in [0.1, 0.15) is 0 Å². The number of carbonyl (C=O) groups excluding carboxylic acids is 1. The van der Waals surface area contributed by atoms with Crippen LogP contribution in [0.4, 0.5) is 0 Å². The van der Waals surface area contributed by atoms with Crippen LogP contribution in [0.3, 0.4) is 0 Å². The Kier molecular flexibility index (Phi) is 6.29. The molecule has 1 amide bonds. The second-order valence-electron chi connectivity index (χ2n) is 5.46. The van der Waals surface area contributed by atoms with Crippen LogP contribution in [0.2, 0.25) is 10.0 Å². The van der Waals surface area contributed by atoms with Crippen LogP contribution in [0, 0.1) is 0 Å². The van der Waals surface area contributed by atoms with Crippen LogP contribution < -0.4 is 10.9 Å². The molecule has 0 saturated carbocycles. The number of pyridine rings is 1. The highest BCUT2D eigenvalue weighted by Crippen LogP contribution is 2.23. The van der Waals surface area contributed by atoms with Crippen molar-refractivity contribution in [2.75, 3.05) is 6.54 Å². The van der Waals surface area contributed by atoms with E-state index in [1.54, 1.807) is 6.07 Å². The summed E-state index contributed by atoms with van der Waals surface area (Å²) in [5, 5.41) is 13.5. The molecule has 128 valence electrons. The van der Waals surface area contributed by atoms with E-state index in [0.29, 0.717) is 16.6 Å². The van der Waals surface area contributed by atoms with Gasteiger partial charge in [-0.1, -0.05) is 29.3 Å². The number of unbranched alkanes of at least 4 members (excludes halogenated alkanes) is 1. The highest BCUT2D eigenvalue weighted by molar-refractivity contribution is 6.42. The quantitative estimate of drug-likeness (QED) is 0.769. The van der Waals surface area contributed by atoms with Crippen molar-refractivity contribution >= 4 is 29.1 Å². The second-order valence-corrected chi connectivity index (χ2v) is 6.27. The van der Waals surface area contributed by atoms with Gasteiger partial charge in [-0.2, -0.15) is 0 Å². The van der Waals surface area contributed by atoms with Crippen molar-refractivity contribution in [1.29, 1.82) is 0 Å². The summed E-state index contributed by atoms with van der Waals surface area (Å²) in [7, 11) is 1.51. The standard InChI is InChI=1S/C17H18Cl2N2O3/c1-21-9-7-12(15(22)17(21)24)16(23)20-8-3-2-4-11-5-6-13(18)14(19)10-11/h5-7,9-10,22H,2-4,8H2,1H3,(H,20,23). The lowest BCUT2D eigenvalue weighted by atomic mass is 10.1. The number of benzene rings is 1. The zero-order valence-electron chi connectivity index (χ0n) is 13.2. The third-order valence-corrected chi connectivity index (χ3v) is 4.39. The van der Waals surface area contributed by atoms with Crippen molar-refractivity contribution in [2.45, 2.75) is 19.3 Å². The molecule has 2 rings (SSSR count). The number of aromatic nitrogens is 1. The van der Waals surface area contributed by atoms with E-state index in [2.05, 4.69) is 5.32 Å². The first-order valence-electron chi connectivity index (χ1n) is 7.51. The average molecular weight is 369 g/mol. The van der Waals surface area contributed by atoms with Crippen LogP contribution in [0.5, 0.6) is 5.75 Å². The SMILES string of the molecule is Cn1ccc(C(=O)NCCCCc2ccc(Cl)c(Cl)c2)c(O)c1=O. The van der Waals surface area contributed by atoms with Gasteiger partial charge < -0.3 is 15.0 Å². The molecule has 0 radical (unpaired) electrons. The fourth-order valence-electron chi connectivity index (χ4n) is 2.24. The van der Waals surface area contributed by atoms with Crippen molar-refractivity contribution < 1.29 is 9.90 Å². The van der Waals surface area contributed by atoms with E-state index in [9.17, 15) is 14.7 Å². The second kappa shape index (κ2) is 8.22. The average Bonchev–Trinajstić information content (AvgIpc) is 2.55. The van der Waals surface area contributed by atoms with Gasteiger partial charge in [-0.3, -0.25) is 9.59 Å². The maximum absolute atomic E-state index is 12.0. The number of rotatable bonds is 6. The molecule has 0 aliphatic heterocycles. The molecule has 1 heterocycles. The van der Waals surface area contributed by atoms with Crippen LogP contribution in [0.25, 0.3) is 0 Å². The van der Waals surface area contributed by atoms with Gasteiger partial charge in [-0.05, 0) is 43.0 Å². The summed E-state index contributed by atoms with van der Waals surface area (Å²) >= 11 is 11.8. The maximum atomic E-state index is 12.0. The van der Waals surface area contributed by atoms with Gasteiger partial charge >= 0.3 is 0 Å². The number of halogens is 2. The Morgan fingerprint density at radius 1 is 1.21 bits per heavy atom. The topological polar surface area (TPSA) is 71.3 Å². The lowest BCUT2D eigenvalue weighted by Gasteiger charge is -2.08. The molecule has 0 fully saturated rings. The summed E-state index contributed by atoms with van der Waals surface area (Å²) in [6.45, 7) is 0.453. The largest absolute Gasteiger partial charge is 0.502 e. The minimum Gasteiger partial charge on any atom is -0.502 e. The van der Waals surface area contributed by atoms with Crippen LogP contribution in [-0.4, -0.2) is 22.1 Å². The molecule has 5 nitrogen and oxygen atoms in total. The number of hydrogen-bond acceptors (Lipinski definition) is 3. The Morgan fingerprint density at radius 3 is 2.67 bits per heavy atom. The predicted octanol–water partition coefficient (Wildman–Crippen LogP) is 3.15. The van der Waals surface area contributed by atoms with Gasteiger partial charge in [-0.25, -0.2) is 0 Å². The first kappa shape index (κ1) is 18.4. The fourth-order valence-corrected chi connectivity index (χ4v) is 2.57. The highest BCUT2D eigenvalue weighted by atomic mass is 35.5. The zero-order chi connectivity index (χ0) is 17.7. The monoisotopic (exact) mass is 368 g/mol. The number of nitrogens with zero attached hydrogens (tertiary/aromatic N) is 1. The molecule has 0 saturated heterocycles. The van der Waals surface area contributed by atoms with Crippen molar-refractivity contribution in [3.05, 3.63) is 62.0 Å². The van der Waals surface area contributed by atoms with Crippen molar-refractivity contribution in [2.24, 2.45) is 7.05 Å². The van der Waals surface area contributed by atoms with Gasteiger partial charge in [0, 0.05) is 19.8 Å². The molecular formula is C17H18Cl2N2O3. The molecule has 24 heavy (non-hydrogen) atoms. The molecule has 2 N–H and O–H groups in total. The van der Waals surface area contributed by atoms with E-state index in [-0.39, 0.29) is 5.56 Å². The molecule has 1 aromatic carbocycles. The van der Waals surface area contributed by atoms with Gasteiger partial charge in [-0.15, -0.1) is 0 Å². The van der Waals surface area contributed by atoms with Crippen LogP contribution in [0.1, 0.15) is 28.8 Å². The summed E-state index contributed by atoms with van der Waals surface area (Å²) in [5.74, 6) is -0.993. The first-order valence-corrected chi connectivity index (χ1v) is 8.26. The van der Waals surface area contributed by atoms with E-state index in [4.69, 9.17) is 23.2 Å². The van der Waals surface area contributed by atoms with E-state index in [1.165, 1.54) is 23.9 Å². The summed E-state index contributed by atoms with van der Waals surface area (Å²) in [6.07, 6.45) is 3.89. The Morgan fingerprint density at radius 2 is 1.96 bits per heavy atom. The van der Waals surface area contributed by atoms with Crippen molar-refractivity contribution in [3.8, 4) is 5.75 Å². The fraction of sp³-hybridized carbons (Fsp3) is 0.294. The summed E-state index contributed by atoms with van der Waals surface area (Å²) in [6, 6.07) is 6.94. The molecular weight excluding hydrogens is 351 g/mol. The van der Waals surface area contributed by atoms with E-state index < -0.39 is 17.2 Å². The van der Waals surface area contributed by atoms with Gasteiger partial charge in [0.2, 0.25) is 0 Å². The Labute approximate surface area is 149 Å². The summed E-state index contributed by atoms with van der Waals surface area (Å²) in [4.78, 5) is 23.6. The third kappa shape index (κ3) is 4.52. The summed E-state index contributed by atoms with van der Waals surface area (Å²) < 4.78 is 1.21. The van der Waals surface area contributed by atoms with Crippen LogP contribution in [-0.2, 0) is 13.5 Å². The van der Waals surface area contributed by atoms with Crippen LogP contribution in [0.15, 0.2) is 35.3 Å². The highest BCUT2D eigenvalue weighted by Gasteiger charge is 2.14. The molecule has 0 aliphatic carbocycles. The molecule has 0 spiro atoms. The summed E-state index contributed by atoms with van der Waals surface area (Å²) in [5.41, 5.74) is 0.477. The Hall–Kier alpha value is -1.98. The van der Waals surface area contributed by atoms with Gasteiger partial charge in [0.05, 0.1) is 15.6 Å². The molecule has 0 bridgehead atoms. The lowest BCUT2D eigenvalue weighted by Crippen LogP contribution is -2.27. The maximum Gasteiger partial charge on any atom is 0.293 e. The molecule has 0 aliphatic rings. The molecule has 0 unspecified atom stereocenters. The minimum absolute atomic E-state index is 0.0115.